The molecule has 7 nitrogen and oxygen atoms in total. The normalized spacial score (nSPS) is 11.6. The molecule has 2 aromatic heterocycles. The van der Waals surface area contributed by atoms with Gasteiger partial charge in [0.25, 0.3) is 0 Å². The minimum absolute atomic E-state index is 0.126. The number of nitrogens with one attached hydrogen (secondary N) is 1. The second kappa shape index (κ2) is 8.19. The van der Waals surface area contributed by atoms with Gasteiger partial charge in [0.05, 0.1) is 36.1 Å². The van der Waals surface area contributed by atoms with Crippen molar-refractivity contribution in [1.82, 2.24) is 24.3 Å². The Bertz CT molecular complexity index is 1280. The summed E-state index contributed by atoms with van der Waals surface area (Å²) < 4.78 is 48.8. The van der Waals surface area contributed by atoms with Crippen LogP contribution in [0.3, 0.4) is 0 Å². The summed E-state index contributed by atoms with van der Waals surface area (Å²) in [4.78, 5) is 8.58. The van der Waals surface area contributed by atoms with Gasteiger partial charge in [0, 0.05) is 23.8 Å². The first-order valence-corrected chi connectivity index (χ1v) is 9.77. The van der Waals surface area contributed by atoms with Gasteiger partial charge >= 0.3 is 6.18 Å². The Morgan fingerprint density at radius 3 is 2.56 bits per heavy atom. The third-order valence-corrected chi connectivity index (χ3v) is 4.96. The van der Waals surface area contributed by atoms with Gasteiger partial charge in [-0.3, -0.25) is 0 Å². The van der Waals surface area contributed by atoms with Crippen LogP contribution in [0.2, 0.25) is 5.02 Å². The van der Waals surface area contributed by atoms with Gasteiger partial charge in [-0.1, -0.05) is 11.6 Å². The zero-order valence-electron chi connectivity index (χ0n) is 17.3. The minimum Gasteiger partial charge on any atom is -0.495 e. The Balaban J connectivity index is 1.69. The van der Waals surface area contributed by atoms with Gasteiger partial charge < -0.3 is 14.6 Å². The molecule has 0 bridgehead atoms. The summed E-state index contributed by atoms with van der Waals surface area (Å²) >= 11 is 5.90. The van der Waals surface area contributed by atoms with Crippen LogP contribution in [0.1, 0.15) is 11.3 Å². The van der Waals surface area contributed by atoms with E-state index < -0.39 is 11.7 Å². The Morgan fingerprint density at radius 2 is 1.91 bits per heavy atom. The average molecular weight is 463 g/mol. The van der Waals surface area contributed by atoms with E-state index in [-0.39, 0.29) is 16.7 Å². The number of aromatic nitrogens is 5. The van der Waals surface area contributed by atoms with E-state index in [0.29, 0.717) is 17.1 Å². The van der Waals surface area contributed by atoms with Crippen molar-refractivity contribution in [3.05, 3.63) is 65.2 Å². The summed E-state index contributed by atoms with van der Waals surface area (Å²) in [7, 11) is 3.12. The molecule has 0 unspecified atom stereocenters. The molecule has 4 aromatic rings. The molecule has 0 aliphatic carbocycles. The molecule has 0 spiro atoms. The summed E-state index contributed by atoms with van der Waals surface area (Å²) in [5, 5.41) is 7.18. The van der Waals surface area contributed by atoms with Crippen LogP contribution >= 0.6 is 11.6 Å². The van der Waals surface area contributed by atoms with Gasteiger partial charge in [0.15, 0.2) is 5.82 Å². The molecule has 0 amide bonds. The van der Waals surface area contributed by atoms with Crippen LogP contribution in [0.4, 0.5) is 24.8 Å². The lowest BCUT2D eigenvalue weighted by Gasteiger charge is -2.14. The quantitative estimate of drug-likeness (QED) is 0.430. The van der Waals surface area contributed by atoms with E-state index in [1.54, 1.807) is 32.6 Å². The fraction of sp³-hybridized carbons (Fsp3) is 0.190. The summed E-state index contributed by atoms with van der Waals surface area (Å²) in [5.41, 5.74) is 1.20. The maximum absolute atomic E-state index is 13.4. The lowest BCUT2D eigenvalue weighted by molar-refractivity contribution is -0.136. The van der Waals surface area contributed by atoms with Gasteiger partial charge in [0.1, 0.15) is 5.75 Å². The predicted octanol–water partition coefficient (Wildman–Crippen LogP) is 5.40. The number of alkyl halides is 3. The highest BCUT2D eigenvalue weighted by molar-refractivity contribution is 6.30. The SMILES string of the molecule is COc1cc(-c2nc(Nc3cc(Cl)ccc3C(F)(F)F)n(C)n2)ccc1-n1cnc(C)c1. The number of hydrogen-bond acceptors (Lipinski definition) is 5. The predicted molar refractivity (Wildman–Crippen MR) is 115 cm³/mol. The fourth-order valence-electron chi connectivity index (χ4n) is 3.19. The van der Waals surface area contributed by atoms with Crippen molar-refractivity contribution in [3.8, 4) is 22.8 Å². The molecule has 0 radical (unpaired) electrons. The van der Waals surface area contributed by atoms with E-state index >= 15 is 0 Å². The molecule has 1 N–H and O–H groups in total. The molecule has 0 fully saturated rings. The second-order valence-electron chi connectivity index (χ2n) is 7.00. The Labute approximate surface area is 186 Å². The van der Waals surface area contributed by atoms with E-state index in [1.807, 2.05) is 23.8 Å². The number of hydrogen-bond donors (Lipinski definition) is 1. The lowest BCUT2D eigenvalue weighted by Crippen LogP contribution is -2.10. The van der Waals surface area contributed by atoms with Crippen molar-refractivity contribution in [2.75, 3.05) is 12.4 Å². The van der Waals surface area contributed by atoms with Gasteiger partial charge in [-0.05, 0) is 43.3 Å². The molecule has 0 atom stereocenters. The summed E-state index contributed by atoms with van der Waals surface area (Å²) in [6.07, 6.45) is -1.01. The molecular weight excluding hydrogens is 445 g/mol. The molecule has 0 aliphatic rings. The molecule has 4 rings (SSSR count). The maximum Gasteiger partial charge on any atom is 0.418 e. The Hall–Kier alpha value is -3.53. The number of ether oxygens (including phenoxy) is 1. The highest BCUT2D eigenvalue weighted by atomic mass is 35.5. The van der Waals surface area contributed by atoms with Crippen molar-refractivity contribution in [2.45, 2.75) is 13.1 Å². The molecule has 0 aliphatic heterocycles. The summed E-state index contributed by atoms with van der Waals surface area (Å²) in [6.45, 7) is 1.88. The molecule has 2 heterocycles. The van der Waals surface area contributed by atoms with Crippen LogP contribution in [0, 0.1) is 6.92 Å². The average Bonchev–Trinajstić information content (AvgIpc) is 3.32. The smallest absolute Gasteiger partial charge is 0.418 e. The van der Waals surface area contributed by atoms with Crippen LogP contribution in [-0.4, -0.2) is 31.4 Å². The maximum atomic E-state index is 13.4. The molecular formula is C21H18ClF3N6O. The highest BCUT2D eigenvalue weighted by Gasteiger charge is 2.34. The fourth-order valence-corrected chi connectivity index (χ4v) is 3.36. The topological polar surface area (TPSA) is 69.8 Å². The largest absolute Gasteiger partial charge is 0.495 e. The van der Waals surface area contributed by atoms with Crippen LogP contribution in [0.15, 0.2) is 48.9 Å². The van der Waals surface area contributed by atoms with Crippen LogP contribution in [-0.2, 0) is 13.2 Å². The number of methoxy groups -OCH3 is 1. The number of nitrogens with zero attached hydrogens (tertiary/aromatic N) is 5. The van der Waals surface area contributed by atoms with Gasteiger partial charge in [-0.15, -0.1) is 5.10 Å². The first kappa shape index (κ1) is 21.7. The number of rotatable bonds is 5. The van der Waals surface area contributed by atoms with Crippen molar-refractivity contribution in [2.24, 2.45) is 7.05 Å². The molecule has 32 heavy (non-hydrogen) atoms. The van der Waals surface area contributed by atoms with Crippen LogP contribution < -0.4 is 10.1 Å². The van der Waals surface area contributed by atoms with Gasteiger partial charge in [0.2, 0.25) is 5.95 Å². The Morgan fingerprint density at radius 1 is 1.12 bits per heavy atom. The minimum atomic E-state index is -4.55. The number of benzene rings is 2. The molecule has 0 saturated carbocycles. The molecule has 166 valence electrons. The first-order chi connectivity index (χ1) is 15.2. The van der Waals surface area contributed by atoms with Crippen molar-refractivity contribution in [1.29, 1.82) is 0 Å². The second-order valence-corrected chi connectivity index (χ2v) is 7.44. The summed E-state index contributed by atoms with van der Waals surface area (Å²) in [6, 6.07) is 8.69. The van der Waals surface area contributed by atoms with Crippen LogP contribution in [0.5, 0.6) is 5.75 Å². The summed E-state index contributed by atoms with van der Waals surface area (Å²) in [5.74, 6) is 1.01. The number of halogens is 4. The van der Waals surface area contributed by atoms with E-state index in [9.17, 15) is 13.2 Å². The first-order valence-electron chi connectivity index (χ1n) is 9.40. The van der Waals surface area contributed by atoms with Gasteiger partial charge in [-0.2, -0.15) is 18.2 Å². The van der Waals surface area contributed by atoms with E-state index in [0.717, 1.165) is 17.4 Å². The number of imidazole rings is 1. The lowest BCUT2D eigenvalue weighted by atomic mass is 10.1. The standard InChI is InChI=1S/C21H18ClF3N6O/c1-12-10-31(11-26-12)17-7-4-13(8-18(17)32-3)19-28-20(30(2)29-19)27-16-9-14(22)5-6-15(16)21(23,24)25/h4-11H,1-3H3,(H,27,28,29). The van der Waals surface area contributed by atoms with Crippen molar-refractivity contribution in [3.63, 3.8) is 0 Å². The zero-order valence-corrected chi connectivity index (χ0v) is 18.0. The monoisotopic (exact) mass is 462 g/mol. The van der Waals surface area contributed by atoms with E-state index in [4.69, 9.17) is 16.3 Å². The van der Waals surface area contributed by atoms with E-state index in [2.05, 4.69) is 20.4 Å². The molecule has 11 heteroatoms. The molecule has 0 saturated heterocycles. The Kier molecular flexibility index (Phi) is 5.55. The molecule has 2 aromatic carbocycles. The highest BCUT2D eigenvalue weighted by Crippen LogP contribution is 2.37. The third-order valence-electron chi connectivity index (χ3n) is 4.72. The van der Waals surface area contributed by atoms with E-state index in [1.165, 1.54) is 16.8 Å². The number of anilines is 2. The third kappa shape index (κ3) is 4.26. The zero-order chi connectivity index (χ0) is 23.0. The van der Waals surface area contributed by atoms with Crippen molar-refractivity contribution < 1.29 is 17.9 Å². The van der Waals surface area contributed by atoms with Crippen LogP contribution in [0.25, 0.3) is 17.1 Å². The van der Waals surface area contributed by atoms with Gasteiger partial charge in [-0.25, -0.2) is 9.67 Å². The van der Waals surface area contributed by atoms with Crippen molar-refractivity contribution >= 4 is 23.2 Å². The number of aryl methyl sites for hydroxylation is 2.